The summed E-state index contributed by atoms with van der Waals surface area (Å²) in [5.74, 6) is 0. The van der Waals surface area contributed by atoms with E-state index in [2.05, 4.69) is 61.5 Å². The van der Waals surface area contributed by atoms with Crippen molar-refractivity contribution in [3.8, 4) is 0 Å². The lowest BCUT2D eigenvalue weighted by Crippen LogP contribution is -1.93. The first-order valence-electron chi connectivity index (χ1n) is 6.22. The summed E-state index contributed by atoms with van der Waals surface area (Å²) < 4.78 is 0. The number of benzene rings is 2. The molecule has 0 fully saturated rings. The van der Waals surface area contributed by atoms with Gasteiger partial charge in [-0.05, 0) is 30.2 Å². The van der Waals surface area contributed by atoms with Crippen LogP contribution in [0.5, 0.6) is 0 Å². The van der Waals surface area contributed by atoms with Gasteiger partial charge in [0.15, 0.2) is 0 Å². The van der Waals surface area contributed by atoms with Gasteiger partial charge in [-0.1, -0.05) is 48.5 Å². The van der Waals surface area contributed by atoms with Gasteiger partial charge in [0.25, 0.3) is 0 Å². The molecule has 3 aromatic rings. The minimum absolute atomic E-state index is 0.894. The van der Waals surface area contributed by atoms with Crippen molar-refractivity contribution in [2.45, 2.75) is 13.3 Å². The van der Waals surface area contributed by atoms with Crippen molar-refractivity contribution in [3.63, 3.8) is 0 Å². The quantitative estimate of drug-likeness (QED) is 0.648. The summed E-state index contributed by atoms with van der Waals surface area (Å²) >= 11 is 0. The van der Waals surface area contributed by atoms with Crippen LogP contribution in [0, 0.1) is 6.92 Å². The molecule has 18 heavy (non-hydrogen) atoms. The van der Waals surface area contributed by atoms with Gasteiger partial charge in [0.2, 0.25) is 0 Å². The standard InChI is InChI=1S/C17H15N/c1-13-6-5-9-17-16(13)11-10-15(18-17)12-14-7-3-2-4-8-14/h2-11H,12H2,1H3. The van der Waals surface area contributed by atoms with Crippen molar-refractivity contribution in [2.24, 2.45) is 0 Å². The van der Waals surface area contributed by atoms with E-state index < -0.39 is 0 Å². The maximum atomic E-state index is 4.73. The highest BCUT2D eigenvalue weighted by Crippen LogP contribution is 2.18. The topological polar surface area (TPSA) is 12.9 Å². The number of aromatic nitrogens is 1. The van der Waals surface area contributed by atoms with E-state index in [1.807, 2.05) is 6.07 Å². The molecule has 0 saturated heterocycles. The zero-order valence-electron chi connectivity index (χ0n) is 10.4. The van der Waals surface area contributed by atoms with Crippen LogP contribution in [0.3, 0.4) is 0 Å². The molecule has 1 aromatic heterocycles. The zero-order valence-corrected chi connectivity index (χ0v) is 10.4. The fourth-order valence-electron chi connectivity index (χ4n) is 2.25. The van der Waals surface area contributed by atoms with Gasteiger partial charge in [0, 0.05) is 17.5 Å². The van der Waals surface area contributed by atoms with Gasteiger partial charge in [0.1, 0.15) is 0 Å². The highest BCUT2D eigenvalue weighted by molar-refractivity contribution is 5.82. The Kier molecular flexibility index (Phi) is 2.81. The Morgan fingerprint density at radius 3 is 2.50 bits per heavy atom. The van der Waals surface area contributed by atoms with Crippen molar-refractivity contribution < 1.29 is 0 Å². The number of rotatable bonds is 2. The highest BCUT2D eigenvalue weighted by Gasteiger charge is 2.01. The maximum Gasteiger partial charge on any atom is 0.0708 e. The average Bonchev–Trinajstić information content (AvgIpc) is 2.40. The molecule has 1 heterocycles. The lowest BCUT2D eigenvalue weighted by molar-refractivity contribution is 1.10. The van der Waals surface area contributed by atoms with Crippen molar-refractivity contribution in [1.82, 2.24) is 4.98 Å². The molecule has 2 aromatic carbocycles. The minimum Gasteiger partial charge on any atom is -0.252 e. The first-order chi connectivity index (χ1) is 8.83. The molecular formula is C17H15N. The average molecular weight is 233 g/mol. The normalized spacial score (nSPS) is 10.7. The maximum absolute atomic E-state index is 4.73. The van der Waals surface area contributed by atoms with Crippen LogP contribution in [0.2, 0.25) is 0 Å². The van der Waals surface area contributed by atoms with Crippen LogP contribution in [0.4, 0.5) is 0 Å². The Bertz CT molecular complexity index is 672. The predicted molar refractivity (Wildman–Crippen MR) is 75.7 cm³/mol. The van der Waals surface area contributed by atoms with Gasteiger partial charge in [-0.2, -0.15) is 0 Å². The monoisotopic (exact) mass is 233 g/mol. The molecule has 88 valence electrons. The molecule has 0 aliphatic rings. The third kappa shape index (κ3) is 2.12. The molecule has 0 N–H and O–H groups in total. The van der Waals surface area contributed by atoms with E-state index in [4.69, 9.17) is 4.98 Å². The second-order valence-electron chi connectivity index (χ2n) is 4.61. The van der Waals surface area contributed by atoms with Crippen LogP contribution in [-0.2, 0) is 6.42 Å². The van der Waals surface area contributed by atoms with Crippen LogP contribution in [-0.4, -0.2) is 4.98 Å². The fraction of sp³-hybridized carbons (Fsp3) is 0.118. The summed E-state index contributed by atoms with van der Waals surface area (Å²) in [4.78, 5) is 4.73. The SMILES string of the molecule is Cc1cccc2nc(Cc3ccccc3)ccc12. The first-order valence-corrected chi connectivity index (χ1v) is 6.22. The summed E-state index contributed by atoms with van der Waals surface area (Å²) in [5, 5.41) is 1.24. The Labute approximate surface area is 107 Å². The summed E-state index contributed by atoms with van der Waals surface area (Å²) in [7, 11) is 0. The van der Waals surface area contributed by atoms with Crippen LogP contribution in [0.1, 0.15) is 16.8 Å². The van der Waals surface area contributed by atoms with E-state index >= 15 is 0 Å². The molecular weight excluding hydrogens is 218 g/mol. The third-order valence-corrected chi connectivity index (χ3v) is 3.24. The molecule has 0 atom stereocenters. The summed E-state index contributed by atoms with van der Waals surface area (Å²) in [5.41, 5.74) is 4.80. The van der Waals surface area contributed by atoms with E-state index in [-0.39, 0.29) is 0 Å². The summed E-state index contributed by atoms with van der Waals surface area (Å²) in [6.07, 6.45) is 0.894. The summed E-state index contributed by atoms with van der Waals surface area (Å²) in [6.45, 7) is 2.13. The van der Waals surface area contributed by atoms with Crippen LogP contribution >= 0.6 is 0 Å². The summed E-state index contributed by atoms with van der Waals surface area (Å²) in [6, 6.07) is 21.0. The van der Waals surface area contributed by atoms with Crippen molar-refractivity contribution in [2.75, 3.05) is 0 Å². The Hall–Kier alpha value is -2.15. The zero-order chi connectivity index (χ0) is 12.4. The highest BCUT2D eigenvalue weighted by atomic mass is 14.7. The molecule has 0 aliphatic carbocycles. The van der Waals surface area contributed by atoms with E-state index in [1.165, 1.54) is 16.5 Å². The predicted octanol–water partition coefficient (Wildman–Crippen LogP) is 4.13. The van der Waals surface area contributed by atoms with Crippen molar-refractivity contribution in [1.29, 1.82) is 0 Å². The van der Waals surface area contributed by atoms with E-state index in [9.17, 15) is 0 Å². The first kappa shape index (κ1) is 11.0. The molecule has 1 nitrogen and oxygen atoms in total. The molecule has 0 unspecified atom stereocenters. The molecule has 0 saturated carbocycles. The lowest BCUT2D eigenvalue weighted by atomic mass is 10.1. The van der Waals surface area contributed by atoms with Gasteiger partial charge < -0.3 is 0 Å². The second-order valence-corrected chi connectivity index (χ2v) is 4.61. The van der Waals surface area contributed by atoms with Gasteiger partial charge in [0.05, 0.1) is 5.52 Å². The number of hydrogen-bond acceptors (Lipinski definition) is 1. The van der Waals surface area contributed by atoms with Crippen molar-refractivity contribution in [3.05, 3.63) is 77.5 Å². The number of nitrogens with zero attached hydrogens (tertiary/aromatic N) is 1. The van der Waals surface area contributed by atoms with Gasteiger partial charge >= 0.3 is 0 Å². The minimum atomic E-state index is 0.894. The molecule has 0 amide bonds. The molecule has 1 heteroatoms. The Balaban J connectivity index is 1.99. The third-order valence-electron chi connectivity index (χ3n) is 3.24. The van der Waals surface area contributed by atoms with Crippen LogP contribution in [0.25, 0.3) is 10.9 Å². The van der Waals surface area contributed by atoms with Crippen LogP contribution < -0.4 is 0 Å². The molecule has 0 bridgehead atoms. The fourth-order valence-corrected chi connectivity index (χ4v) is 2.25. The van der Waals surface area contributed by atoms with Crippen molar-refractivity contribution >= 4 is 10.9 Å². The number of fused-ring (bicyclic) bond motifs is 1. The smallest absolute Gasteiger partial charge is 0.0708 e. The molecule has 0 spiro atoms. The number of aryl methyl sites for hydroxylation is 1. The van der Waals surface area contributed by atoms with Gasteiger partial charge in [-0.25, -0.2) is 0 Å². The van der Waals surface area contributed by atoms with E-state index in [1.54, 1.807) is 0 Å². The largest absolute Gasteiger partial charge is 0.252 e. The molecule has 0 radical (unpaired) electrons. The second kappa shape index (κ2) is 4.61. The van der Waals surface area contributed by atoms with Crippen LogP contribution in [0.15, 0.2) is 60.7 Å². The number of hydrogen-bond donors (Lipinski definition) is 0. The molecule has 3 rings (SSSR count). The van der Waals surface area contributed by atoms with Gasteiger partial charge in [-0.3, -0.25) is 4.98 Å². The van der Waals surface area contributed by atoms with E-state index in [0.29, 0.717) is 0 Å². The Morgan fingerprint density at radius 1 is 0.833 bits per heavy atom. The lowest BCUT2D eigenvalue weighted by Gasteiger charge is -2.05. The van der Waals surface area contributed by atoms with E-state index in [0.717, 1.165) is 17.6 Å². The number of pyridine rings is 1. The Morgan fingerprint density at radius 2 is 1.67 bits per heavy atom. The van der Waals surface area contributed by atoms with Gasteiger partial charge in [-0.15, -0.1) is 0 Å². The molecule has 0 aliphatic heterocycles.